The molecular weight excluding hydrogens is 281 g/mol. The van der Waals surface area contributed by atoms with Crippen LogP contribution in [0.2, 0.25) is 5.02 Å². The van der Waals surface area contributed by atoms with Gasteiger partial charge >= 0.3 is 0 Å². The lowest BCUT2D eigenvalue weighted by molar-refractivity contribution is -0.119. The minimum atomic E-state index is -0.506. The third kappa shape index (κ3) is 3.17. The van der Waals surface area contributed by atoms with Crippen molar-refractivity contribution in [2.24, 2.45) is 0 Å². The van der Waals surface area contributed by atoms with Crippen molar-refractivity contribution in [3.63, 3.8) is 0 Å². The van der Waals surface area contributed by atoms with Crippen LogP contribution in [0, 0.1) is 5.82 Å². The normalized spacial score (nSPS) is 10.6. The second kappa shape index (κ2) is 6.52. The third-order valence-electron chi connectivity index (χ3n) is 2.81. The molecule has 1 aromatic carbocycles. The molecule has 0 fully saturated rings. The first kappa shape index (κ1) is 14.5. The van der Waals surface area contributed by atoms with E-state index in [1.54, 1.807) is 18.2 Å². The van der Waals surface area contributed by atoms with Crippen molar-refractivity contribution in [3.05, 3.63) is 35.2 Å². The van der Waals surface area contributed by atoms with E-state index in [4.69, 9.17) is 11.6 Å². The molecule has 2 N–H and O–H groups in total. The molecule has 0 bridgehead atoms. The summed E-state index contributed by atoms with van der Waals surface area (Å²) in [5.74, 6) is -0.682. The quantitative estimate of drug-likeness (QED) is 0.891. The molecule has 2 rings (SSSR count). The number of amides is 1. The smallest absolute Gasteiger partial charge is 0.239 e. The molecule has 1 heterocycles. The minimum absolute atomic E-state index is 0.0169. The standard InChI is InChI=1S/C14H15ClFN3O/c1-2-6-17-12(20)8-19-11-4-3-9-10(15)5-7-18-14(9)13(11)16/h3-5,7,19H,2,6,8H2,1H3,(H,17,20). The van der Waals surface area contributed by atoms with E-state index in [0.29, 0.717) is 17.0 Å². The highest BCUT2D eigenvalue weighted by molar-refractivity contribution is 6.35. The Bertz CT molecular complexity index is 633. The molecular formula is C14H15ClFN3O. The number of carbonyl (C=O) groups is 1. The predicted molar refractivity (Wildman–Crippen MR) is 78.5 cm³/mol. The van der Waals surface area contributed by atoms with Crippen molar-refractivity contribution in [1.29, 1.82) is 0 Å². The first-order valence-electron chi connectivity index (χ1n) is 6.36. The van der Waals surface area contributed by atoms with Gasteiger partial charge in [0.1, 0.15) is 5.52 Å². The topological polar surface area (TPSA) is 54.0 Å². The Hall–Kier alpha value is -1.88. The lowest BCUT2D eigenvalue weighted by atomic mass is 10.2. The zero-order valence-electron chi connectivity index (χ0n) is 11.0. The van der Waals surface area contributed by atoms with E-state index in [2.05, 4.69) is 15.6 Å². The van der Waals surface area contributed by atoms with Gasteiger partial charge < -0.3 is 10.6 Å². The van der Waals surface area contributed by atoms with Crippen molar-refractivity contribution >= 4 is 34.1 Å². The highest BCUT2D eigenvalue weighted by Crippen LogP contribution is 2.27. The van der Waals surface area contributed by atoms with Crippen LogP contribution in [0.5, 0.6) is 0 Å². The van der Waals surface area contributed by atoms with Gasteiger partial charge in [0.05, 0.1) is 17.3 Å². The highest BCUT2D eigenvalue weighted by Gasteiger charge is 2.11. The molecule has 0 aliphatic carbocycles. The summed E-state index contributed by atoms with van der Waals surface area (Å²) in [7, 11) is 0. The fourth-order valence-corrected chi connectivity index (χ4v) is 2.00. The highest BCUT2D eigenvalue weighted by atomic mass is 35.5. The van der Waals surface area contributed by atoms with Crippen LogP contribution in [-0.2, 0) is 4.79 Å². The molecule has 2 aromatic rings. The Labute approximate surface area is 121 Å². The number of halogens is 2. The molecule has 20 heavy (non-hydrogen) atoms. The summed E-state index contributed by atoms with van der Waals surface area (Å²) in [6, 6.07) is 4.84. The van der Waals surface area contributed by atoms with Gasteiger partial charge in [-0.3, -0.25) is 9.78 Å². The van der Waals surface area contributed by atoms with Crippen molar-refractivity contribution in [3.8, 4) is 0 Å². The Morgan fingerprint density at radius 1 is 1.40 bits per heavy atom. The summed E-state index contributed by atoms with van der Waals surface area (Å²) >= 11 is 5.97. The summed E-state index contributed by atoms with van der Waals surface area (Å²) in [5, 5.41) is 6.47. The molecule has 0 aliphatic heterocycles. The number of pyridine rings is 1. The molecule has 0 saturated heterocycles. The summed E-state index contributed by atoms with van der Waals surface area (Å²) < 4.78 is 14.2. The lowest BCUT2D eigenvalue weighted by Crippen LogP contribution is -2.30. The Kier molecular flexibility index (Phi) is 4.74. The fourth-order valence-electron chi connectivity index (χ4n) is 1.79. The SMILES string of the molecule is CCCNC(=O)CNc1ccc2c(Cl)ccnc2c1F. The number of benzene rings is 1. The van der Waals surface area contributed by atoms with E-state index >= 15 is 0 Å². The molecule has 6 heteroatoms. The van der Waals surface area contributed by atoms with Crippen molar-refractivity contribution in [2.45, 2.75) is 13.3 Å². The van der Waals surface area contributed by atoms with Gasteiger partial charge in [-0.1, -0.05) is 18.5 Å². The summed E-state index contributed by atoms with van der Waals surface area (Å²) in [4.78, 5) is 15.5. The van der Waals surface area contributed by atoms with Gasteiger partial charge in [0, 0.05) is 18.1 Å². The maximum absolute atomic E-state index is 14.2. The van der Waals surface area contributed by atoms with Crippen LogP contribution in [-0.4, -0.2) is 24.0 Å². The van der Waals surface area contributed by atoms with Crippen LogP contribution in [0.15, 0.2) is 24.4 Å². The van der Waals surface area contributed by atoms with Gasteiger partial charge in [0.15, 0.2) is 5.82 Å². The van der Waals surface area contributed by atoms with Gasteiger partial charge in [-0.15, -0.1) is 0 Å². The largest absolute Gasteiger partial charge is 0.374 e. The predicted octanol–water partition coefficient (Wildman–Crippen LogP) is 2.97. The number of carbonyl (C=O) groups excluding carboxylic acids is 1. The van der Waals surface area contributed by atoms with Gasteiger partial charge in [0.2, 0.25) is 5.91 Å². The van der Waals surface area contributed by atoms with Crippen molar-refractivity contribution in [2.75, 3.05) is 18.4 Å². The van der Waals surface area contributed by atoms with Crippen molar-refractivity contribution in [1.82, 2.24) is 10.3 Å². The number of nitrogens with zero attached hydrogens (tertiary/aromatic N) is 1. The molecule has 0 aliphatic rings. The molecule has 0 saturated carbocycles. The molecule has 1 amide bonds. The first-order valence-corrected chi connectivity index (χ1v) is 6.74. The molecule has 106 valence electrons. The van der Waals surface area contributed by atoms with Crippen LogP contribution < -0.4 is 10.6 Å². The number of fused-ring (bicyclic) bond motifs is 1. The van der Waals surface area contributed by atoms with Gasteiger partial charge in [-0.2, -0.15) is 0 Å². The summed E-state index contributed by atoms with van der Waals surface area (Å²) in [6.45, 7) is 2.59. The average molecular weight is 296 g/mol. The average Bonchev–Trinajstić information content (AvgIpc) is 2.45. The number of hydrogen-bond acceptors (Lipinski definition) is 3. The van der Waals surface area contributed by atoms with E-state index in [1.165, 1.54) is 6.20 Å². The first-order chi connectivity index (χ1) is 9.63. The number of aromatic nitrogens is 1. The molecule has 0 unspecified atom stereocenters. The van der Waals surface area contributed by atoms with Gasteiger partial charge in [-0.25, -0.2) is 4.39 Å². The third-order valence-corrected chi connectivity index (χ3v) is 3.14. The number of hydrogen-bond donors (Lipinski definition) is 2. The summed E-state index contributed by atoms with van der Waals surface area (Å²) in [6.07, 6.45) is 2.31. The number of nitrogens with one attached hydrogen (secondary N) is 2. The lowest BCUT2D eigenvalue weighted by Gasteiger charge is -2.09. The minimum Gasteiger partial charge on any atom is -0.374 e. The van der Waals surface area contributed by atoms with E-state index in [0.717, 1.165) is 6.42 Å². The molecule has 4 nitrogen and oxygen atoms in total. The number of anilines is 1. The Morgan fingerprint density at radius 3 is 2.95 bits per heavy atom. The molecule has 0 spiro atoms. The second-order valence-electron chi connectivity index (χ2n) is 4.32. The molecule has 0 radical (unpaired) electrons. The van der Waals surface area contributed by atoms with Gasteiger partial charge in [-0.05, 0) is 24.6 Å². The van der Waals surface area contributed by atoms with E-state index < -0.39 is 5.82 Å². The monoisotopic (exact) mass is 295 g/mol. The van der Waals surface area contributed by atoms with E-state index in [-0.39, 0.29) is 23.7 Å². The van der Waals surface area contributed by atoms with E-state index in [9.17, 15) is 9.18 Å². The fraction of sp³-hybridized carbons (Fsp3) is 0.286. The van der Waals surface area contributed by atoms with Gasteiger partial charge in [0.25, 0.3) is 0 Å². The second-order valence-corrected chi connectivity index (χ2v) is 4.73. The molecule has 0 atom stereocenters. The van der Waals surface area contributed by atoms with Crippen LogP contribution in [0.1, 0.15) is 13.3 Å². The Morgan fingerprint density at radius 2 is 2.20 bits per heavy atom. The molecule has 1 aromatic heterocycles. The van der Waals surface area contributed by atoms with Crippen LogP contribution in [0.25, 0.3) is 10.9 Å². The van der Waals surface area contributed by atoms with E-state index in [1.807, 2.05) is 6.92 Å². The zero-order valence-corrected chi connectivity index (χ0v) is 11.8. The van der Waals surface area contributed by atoms with Crippen molar-refractivity contribution < 1.29 is 9.18 Å². The maximum Gasteiger partial charge on any atom is 0.239 e. The number of rotatable bonds is 5. The zero-order chi connectivity index (χ0) is 14.5. The Balaban J connectivity index is 2.15. The maximum atomic E-state index is 14.2. The van der Waals surface area contributed by atoms with Crippen LogP contribution in [0.4, 0.5) is 10.1 Å². The summed E-state index contributed by atoms with van der Waals surface area (Å²) in [5.41, 5.74) is 0.426. The van der Waals surface area contributed by atoms with Crippen LogP contribution >= 0.6 is 11.6 Å². The van der Waals surface area contributed by atoms with Crippen LogP contribution in [0.3, 0.4) is 0 Å².